The molecule has 2 atom stereocenters. The maximum Gasteiger partial charge on any atom is 0.211 e. The summed E-state index contributed by atoms with van der Waals surface area (Å²) in [7, 11) is 2.11. The number of aliphatic imine (C=N–C) groups is 1. The molecule has 0 saturated heterocycles. The zero-order valence-corrected chi connectivity index (χ0v) is 18.0. The van der Waals surface area contributed by atoms with Gasteiger partial charge in [0.15, 0.2) is 6.19 Å². The molecule has 1 aromatic carbocycles. The highest BCUT2D eigenvalue weighted by molar-refractivity contribution is 5.98. The Morgan fingerprint density at radius 3 is 2.71 bits per heavy atom. The zero-order chi connectivity index (χ0) is 22.5. The van der Waals surface area contributed by atoms with Crippen molar-refractivity contribution in [1.29, 1.82) is 10.5 Å². The van der Waals surface area contributed by atoms with Gasteiger partial charge in [0.25, 0.3) is 0 Å². The van der Waals surface area contributed by atoms with Crippen LogP contribution in [0.4, 0.5) is 23.0 Å². The van der Waals surface area contributed by atoms with Crippen molar-refractivity contribution >= 4 is 29.0 Å². The summed E-state index contributed by atoms with van der Waals surface area (Å²) >= 11 is 0. The van der Waals surface area contributed by atoms with Crippen LogP contribution < -0.4 is 27.0 Å². The molecular weight excluding hydrogens is 390 g/mol. The lowest BCUT2D eigenvalue weighted by atomic mass is 9.79. The number of benzene rings is 1. The van der Waals surface area contributed by atoms with Crippen LogP contribution in [0.3, 0.4) is 0 Å². The standard InChI is InChI=1S/C22H25N9/c1-11-8-22(2,3)31(4)15-6-5-12(7-13(11)15)18-16-17(25)14(9-23)19(26)29-20(16)30-21(28-18)27-10-24/h5-7,11,18H,8H2,1-4H3,(H6,25,26,27,28,29,30). The van der Waals surface area contributed by atoms with Crippen LogP contribution in [0.25, 0.3) is 0 Å². The average molecular weight is 416 g/mol. The Morgan fingerprint density at radius 1 is 1.29 bits per heavy atom. The minimum atomic E-state index is -0.537. The first-order chi connectivity index (χ1) is 14.7. The lowest BCUT2D eigenvalue weighted by molar-refractivity contribution is 0.395. The largest absolute Gasteiger partial charge is 0.397 e. The van der Waals surface area contributed by atoms with Gasteiger partial charge in [-0.2, -0.15) is 10.5 Å². The number of hydrogen-bond donors (Lipinski definition) is 4. The van der Waals surface area contributed by atoms with Crippen molar-refractivity contribution in [3.8, 4) is 12.3 Å². The summed E-state index contributed by atoms with van der Waals surface area (Å²) in [6, 6.07) is 7.75. The second kappa shape index (κ2) is 7.06. The van der Waals surface area contributed by atoms with Gasteiger partial charge in [0.1, 0.15) is 29.3 Å². The number of nitriles is 2. The topological polar surface area (TPSA) is 152 Å². The Labute approximate surface area is 181 Å². The van der Waals surface area contributed by atoms with E-state index in [2.05, 4.69) is 65.5 Å². The van der Waals surface area contributed by atoms with Crippen LogP contribution in [0.5, 0.6) is 0 Å². The van der Waals surface area contributed by atoms with Crippen LogP contribution in [0.1, 0.15) is 61.4 Å². The Morgan fingerprint density at radius 2 is 2.03 bits per heavy atom. The third kappa shape index (κ3) is 3.15. The van der Waals surface area contributed by atoms with Crippen molar-refractivity contribution in [2.75, 3.05) is 28.7 Å². The van der Waals surface area contributed by atoms with Crippen molar-refractivity contribution < 1.29 is 0 Å². The maximum atomic E-state index is 9.50. The molecule has 158 valence electrons. The average Bonchev–Trinajstić information content (AvgIpc) is 2.71. The third-order valence-corrected chi connectivity index (χ3v) is 6.33. The van der Waals surface area contributed by atoms with Gasteiger partial charge < -0.3 is 21.7 Å². The Hall–Kier alpha value is -3.98. The van der Waals surface area contributed by atoms with Gasteiger partial charge in [0.05, 0.1) is 5.69 Å². The number of hydrogen-bond acceptors (Lipinski definition) is 9. The Bertz CT molecular complexity index is 1180. The van der Waals surface area contributed by atoms with Crippen LogP contribution in [0.15, 0.2) is 23.2 Å². The molecule has 2 aliphatic heterocycles. The second-order valence-electron chi connectivity index (χ2n) is 8.70. The minimum Gasteiger partial charge on any atom is -0.397 e. The predicted octanol–water partition coefficient (Wildman–Crippen LogP) is 2.78. The van der Waals surface area contributed by atoms with E-state index in [1.165, 1.54) is 11.3 Å². The summed E-state index contributed by atoms with van der Waals surface area (Å²) in [6.07, 6.45) is 2.89. The molecule has 9 heteroatoms. The van der Waals surface area contributed by atoms with Gasteiger partial charge in [-0.15, -0.1) is 0 Å². The molecule has 1 aromatic heterocycles. The van der Waals surface area contributed by atoms with Crippen LogP contribution in [0.2, 0.25) is 0 Å². The van der Waals surface area contributed by atoms with Gasteiger partial charge in [-0.25, -0.2) is 9.98 Å². The number of rotatable bonds is 1. The van der Waals surface area contributed by atoms with E-state index < -0.39 is 6.04 Å². The number of nitrogens with two attached hydrogens (primary N) is 2. The number of guanidine groups is 1. The Kier molecular flexibility index (Phi) is 4.63. The lowest BCUT2D eigenvalue weighted by Gasteiger charge is -2.45. The van der Waals surface area contributed by atoms with Crippen LogP contribution in [-0.4, -0.2) is 23.5 Å². The molecule has 0 amide bonds. The highest BCUT2D eigenvalue weighted by Crippen LogP contribution is 2.46. The van der Waals surface area contributed by atoms with E-state index in [1.807, 2.05) is 18.3 Å². The fourth-order valence-corrected chi connectivity index (χ4v) is 4.59. The van der Waals surface area contributed by atoms with Crippen molar-refractivity contribution in [1.82, 2.24) is 10.3 Å². The normalized spacial score (nSPS) is 21.0. The summed E-state index contributed by atoms with van der Waals surface area (Å²) in [6.45, 7) is 6.71. The molecule has 6 N–H and O–H groups in total. The predicted molar refractivity (Wildman–Crippen MR) is 121 cm³/mol. The second-order valence-corrected chi connectivity index (χ2v) is 8.70. The van der Waals surface area contributed by atoms with E-state index in [4.69, 9.17) is 16.7 Å². The van der Waals surface area contributed by atoms with E-state index in [1.54, 1.807) is 0 Å². The molecule has 2 unspecified atom stereocenters. The number of fused-ring (bicyclic) bond motifs is 2. The van der Waals surface area contributed by atoms with Crippen molar-refractivity contribution in [2.24, 2.45) is 4.99 Å². The number of anilines is 4. The molecule has 0 aliphatic carbocycles. The molecular formula is C22H25N9. The van der Waals surface area contributed by atoms with Crippen LogP contribution in [-0.2, 0) is 0 Å². The van der Waals surface area contributed by atoms with Crippen molar-refractivity contribution in [3.05, 3.63) is 40.5 Å². The molecule has 2 aliphatic rings. The Balaban J connectivity index is 1.90. The first kappa shape index (κ1) is 20.3. The molecule has 0 fully saturated rings. The fraction of sp³-hybridized carbons (Fsp3) is 0.364. The molecule has 4 rings (SSSR count). The van der Waals surface area contributed by atoms with Gasteiger partial charge in [-0.1, -0.05) is 19.1 Å². The highest BCUT2D eigenvalue weighted by Gasteiger charge is 2.35. The highest BCUT2D eigenvalue weighted by atomic mass is 15.2. The van der Waals surface area contributed by atoms with E-state index in [-0.39, 0.29) is 28.6 Å². The molecule has 31 heavy (non-hydrogen) atoms. The monoisotopic (exact) mass is 415 g/mol. The summed E-state index contributed by atoms with van der Waals surface area (Å²) < 4.78 is 0. The van der Waals surface area contributed by atoms with Gasteiger partial charge in [-0.05, 0) is 43.4 Å². The molecule has 9 nitrogen and oxygen atoms in total. The molecule has 0 saturated carbocycles. The third-order valence-electron chi connectivity index (χ3n) is 6.33. The molecule has 3 heterocycles. The van der Waals surface area contributed by atoms with Gasteiger partial charge in [-0.3, -0.25) is 5.32 Å². The van der Waals surface area contributed by atoms with E-state index in [9.17, 15) is 5.26 Å². The zero-order valence-electron chi connectivity index (χ0n) is 18.0. The molecule has 0 spiro atoms. The summed E-state index contributed by atoms with van der Waals surface area (Å²) in [5, 5.41) is 24.1. The number of nitrogens with one attached hydrogen (secondary N) is 2. The summed E-state index contributed by atoms with van der Waals surface area (Å²) in [5.41, 5.74) is 16.6. The minimum absolute atomic E-state index is 0.0335. The SMILES string of the molecule is CC1CC(C)(C)N(C)c2ccc(C3N=C(NC#N)Nc4nc(N)c(C#N)c(N)c43)cc21. The van der Waals surface area contributed by atoms with E-state index >= 15 is 0 Å². The van der Waals surface area contributed by atoms with E-state index in [0.29, 0.717) is 17.3 Å². The first-order valence-corrected chi connectivity index (χ1v) is 10.0. The van der Waals surface area contributed by atoms with Gasteiger partial charge in [0.2, 0.25) is 5.96 Å². The first-order valence-electron chi connectivity index (χ1n) is 10.0. The van der Waals surface area contributed by atoms with Gasteiger partial charge in [0, 0.05) is 23.8 Å². The molecule has 2 aromatic rings. The van der Waals surface area contributed by atoms with Gasteiger partial charge >= 0.3 is 0 Å². The lowest BCUT2D eigenvalue weighted by Crippen LogP contribution is -2.45. The summed E-state index contributed by atoms with van der Waals surface area (Å²) in [4.78, 5) is 11.3. The van der Waals surface area contributed by atoms with Crippen molar-refractivity contribution in [2.45, 2.75) is 44.7 Å². The summed E-state index contributed by atoms with van der Waals surface area (Å²) in [5.74, 6) is 1.03. The van der Waals surface area contributed by atoms with Crippen LogP contribution >= 0.6 is 0 Å². The van der Waals surface area contributed by atoms with Crippen LogP contribution in [0, 0.1) is 22.8 Å². The molecule has 0 radical (unpaired) electrons. The number of aromatic nitrogens is 1. The smallest absolute Gasteiger partial charge is 0.211 e. The quantitative estimate of drug-likeness (QED) is 0.410. The molecule has 0 bridgehead atoms. The van der Waals surface area contributed by atoms with Crippen molar-refractivity contribution in [3.63, 3.8) is 0 Å². The maximum absolute atomic E-state index is 9.50. The van der Waals surface area contributed by atoms with E-state index in [0.717, 1.165) is 12.0 Å². The number of pyridine rings is 1. The fourth-order valence-electron chi connectivity index (χ4n) is 4.59. The number of nitrogen functional groups attached to an aromatic ring is 2. The number of nitrogens with zero attached hydrogens (tertiary/aromatic N) is 5.